The Morgan fingerprint density at radius 2 is 1.52 bits per heavy atom. The van der Waals surface area contributed by atoms with Crippen molar-refractivity contribution in [1.82, 2.24) is 14.5 Å². The number of carbonyl (C=O) groups is 1. The van der Waals surface area contributed by atoms with Gasteiger partial charge in [0.1, 0.15) is 29.5 Å². The Bertz CT molecular complexity index is 2730. The number of rotatable bonds is 18. The first kappa shape index (κ1) is 46.1. The van der Waals surface area contributed by atoms with Gasteiger partial charge < -0.3 is 24.4 Å². The highest BCUT2D eigenvalue weighted by Gasteiger charge is 2.27. The van der Waals surface area contributed by atoms with Crippen LogP contribution in [0.5, 0.6) is 17.2 Å². The van der Waals surface area contributed by atoms with E-state index in [2.05, 4.69) is 36.9 Å². The van der Waals surface area contributed by atoms with Crippen molar-refractivity contribution in [3.8, 4) is 28.4 Å². The van der Waals surface area contributed by atoms with Crippen molar-refractivity contribution in [3.05, 3.63) is 171 Å². The van der Waals surface area contributed by atoms with Crippen molar-refractivity contribution < 1.29 is 32.3 Å². The molecule has 2 saturated heterocycles. The predicted octanol–water partition coefficient (Wildman–Crippen LogP) is 8.86. The highest BCUT2D eigenvalue weighted by atomic mass is 35.5. The van der Waals surface area contributed by atoms with Gasteiger partial charge >= 0.3 is 0 Å². The molecule has 0 unspecified atom stereocenters. The number of hydrogen-bond donors (Lipinski definition) is 2. The van der Waals surface area contributed by atoms with Gasteiger partial charge in [0, 0.05) is 81.3 Å². The van der Waals surface area contributed by atoms with Crippen molar-refractivity contribution in [2.45, 2.75) is 24.5 Å². The fourth-order valence-corrected chi connectivity index (χ4v) is 9.13. The lowest BCUT2D eigenvalue weighted by Gasteiger charge is -2.36. The molecule has 6 aromatic carbocycles. The fraction of sp³-hybridized carbons (Fsp3) is 0.260. The topological polar surface area (TPSA) is 156 Å². The van der Waals surface area contributed by atoms with E-state index in [0.717, 1.165) is 74.1 Å². The first-order valence-electron chi connectivity index (χ1n) is 21.9. The van der Waals surface area contributed by atoms with Crippen LogP contribution in [0.15, 0.2) is 144 Å². The maximum absolute atomic E-state index is 14.0. The number of carbonyl (C=O) groups excluding carboxylic acids is 1. The Morgan fingerprint density at radius 1 is 0.773 bits per heavy atom. The van der Waals surface area contributed by atoms with Gasteiger partial charge in [-0.2, -0.15) is 0 Å². The molecule has 1 amide bonds. The highest BCUT2D eigenvalue weighted by Crippen LogP contribution is 2.34. The minimum atomic E-state index is -4.58. The van der Waals surface area contributed by atoms with Crippen LogP contribution >= 0.6 is 11.6 Å². The van der Waals surface area contributed by atoms with Crippen LogP contribution in [-0.2, 0) is 27.9 Å². The molecule has 2 aliphatic heterocycles. The number of benzene rings is 6. The molecule has 0 spiro atoms. The van der Waals surface area contributed by atoms with Crippen LogP contribution in [0.4, 0.5) is 17.1 Å². The fourth-order valence-electron chi connectivity index (χ4n) is 8.02. The molecule has 2 aliphatic rings. The van der Waals surface area contributed by atoms with Crippen LogP contribution in [0.1, 0.15) is 27.9 Å². The number of sulfonamides is 1. The molecule has 0 aromatic heterocycles. The van der Waals surface area contributed by atoms with E-state index in [9.17, 15) is 23.3 Å². The largest absolute Gasteiger partial charge is 0.489 e. The van der Waals surface area contributed by atoms with Crippen LogP contribution in [0.3, 0.4) is 0 Å². The smallest absolute Gasteiger partial charge is 0.293 e. The van der Waals surface area contributed by atoms with Crippen molar-refractivity contribution in [1.29, 1.82) is 0 Å². The quantitative estimate of drug-likeness (QED) is 0.0481. The summed E-state index contributed by atoms with van der Waals surface area (Å²) in [5.74, 6) is 0.0430. The molecule has 0 saturated carbocycles. The summed E-state index contributed by atoms with van der Waals surface area (Å²) < 4.78 is 47.5. The first-order valence-corrected chi connectivity index (χ1v) is 23.7. The van der Waals surface area contributed by atoms with Gasteiger partial charge in [0.25, 0.3) is 21.6 Å². The summed E-state index contributed by atoms with van der Waals surface area (Å²) in [7, 11) is -4.58. The molecule has 6 aromatic rings. The molecule has 2 fully saturated rings. The monoisotopic (exact) mass is 930 g/mol. The van der Waals surface area contributed by atoms with E-state index in [0.29, 0.717) is 56.0 Å². The molecule has 0 radical (unpaired) electrons. The summed E-state index contributed by atoms with van der Waals surface area (Å²) in [6.07, 6.45) is 0.721. The van der Waals surface area contributed by atoms with Gasteiger partial charge in [0.2, 0.25) is 0 Å². The Kier molecular flexibility index (Phi) is 15.1. The summed E-state index contributed by atoms with van der Waals surface area (Å²) in [5.41, 5.74) is 4.93. The molecule has 2 heterocycles. The van der Waals surface area contributed by atoms with Crippen LogP contribution in [0.25, 0.3) is 11.1 Å². The first-order chi connectivity index (χ1) is 32.1. The minimum Gasteiger partial charge on any atom is -0.489 e. The maximum atomic E-state index is 14.0. The molecule has 14 nitrogen and oxygen atoms in total. The summed E-state index contributed by atoms with van der Waals surface area (Å²) in [6.45, 7) is 8.22. The van der Waals surface area contributed by atoms with Gasteiger partial charge in [0.15, 0.2) is 0 Å². The van der Waals surface area contributed by atoms with Gasteiger partial charge in [-0.25, -0.2) is 13.1 Å². The zero-order valence-electron chi connectivity index (χ0n) is 36.3. The van der Waals surface area contributed by atoms with E-state index in [4.69, 9.17) is 25.8 Å². The number of ether oxygens (including phenoxy) is 3. The van der Waals surface area contributed by atoms with E-state index in [-0.39, 0.29) is 17.0 Å². The van der Waals surface area contributed by atoms with Crippen molar-refractivity contribution >= 4 is 44.6 Å². The zero-order chi connectivity index (χ0) is 45.9. The van der Waals surface area contributed by atoms with E-state index in [1.54, 1.807) is 36.4 Å². The normalized spacial score (nSPS) is 14.7. The summed E-state index contributed by atoms with van der Waals surface area (Å²) in [4.78, 5) is 32.0. The third-order valence-electron chi connectivity index (χ3n) is 11.6. The second kappa shape index (κ2) is 21.7. The van der Waals surface area contributed by atoms with Crippen LogP contribution in [-0.4, -0.2) is 94.6 Å². The van der Waals surface area contributed by atoms with E-state index in [1.165, 1.54) is 23.8 Å². The van der Waals surface area contributed by atoms with Crippen LogP contribution in [0, 0.1) is 10.1 Å². The van der Waals surface area contributed by atoms with E-state index in [1.807, 2.05) is 66.7 Å². The number of nitro groups is 1. The Balaban J connectivity index is 0.987. The number of nitro benzene ring substituents is 1. The average molecular weight is 932 g/mol. The number of nitrogens with one attached hydrogen (secondary N) is 2. The van der Waals surface area contributed by atoms with Gasteiger partial charge in [-0.1, -0.05) is 84.4 Å². The molecule has 16 heteroatoms. The number of anilines is 2. The third-order valence-corrected chi connectivity index (χ3v) is 13.1. The van der Waals surface area contributed by atoms with Gasteiger partial charge in [-0.3, -0.25) is 24.7 Å². The highest BCUT2D eigenvalue weighted by molar-refractivity contribution is 7.90. The molecule has 0 atom stereocenters. The van der Waals surface area contributed by atoms with Crippen molar-refractivity contribution in [2.75, 3.05) is 75.8 Å². The standard InChI is InChI=1S/C50H51ClN6O8S/c51-40-16-14-38(15-17-40)45-13-5-4-10-39(45)35-55-24-26-56(27-25-55)41-18-20-46(49(32-41)65-43-12-6-11-42(33-43)64-36-37-8-2-1-3-9-37)50(58)53-66(61,62)44-19-21-47(48(34-44)57(59)60)52-22-7-23-54-28-30-63-31-29-54/h1-6,8-21,32-34,52H,7,22-31,35-36H2,(H,53,58). The number of morpholine rings is 1. The van der Waals surface area contributed by atoms with Crippen molar-refractivity contribution in [3.63, 3.8) is 0 Å². The van der Waals surface area contributed by atoms with E-state index >= 15 is 0 Å². The Hall–Kier alpha value is -6.49. The molecule has 342 valence electrons. The number of amides is 1. The lowest BCUT2D eigenvalue weighted by Crippen LogP contribution is -2.46. The van der Waals surface area contributed by atoms with Gasteiger partial charge in [0.05, 0.1) is 28.6 Å². The number of nitrogens with zero attached hydrogens (tertiary/aromatic N) is 4. The van der Waals surface area contributed by atoms with Crippen LogP contribution < -0.4 is 24.4 Å². The molecule has 0 aliphatic carbocycles. The molecule has 66 heavy (non-hydrogen) atoms. The van der Waals surface area contributed by atoms with E-state index < -0.39 is 31.4 Å². The Morgan fingerprint density at radius 3 is 2.29 bits per heavy atom. The second-order valence-electron chi connectivity index (χ2n) is 16.1. The average Bonchev–Trinajstić information content (AvgIpc) is 3.33. The number of piperazine rings is 1. The molecule has 8 rings (SSSR count). The second-order valence-corrected chi connectivity index (χ2v) is 18.2. The molecular weight excluding hydrogens is 880 g/mol. The summed E-state index contributed by atoms with van der Waals surface area (Å²) in [5, 5.41) is 15.9. The third kappa shape index (κ3) is 12.0. The van der Waals surface area contributed by atoms with Crippen LogP contribution in [0.2, 0.25) is 5.02 Å². The lowest BCUT2D eigenvalue weighted by atomic mass is 9.99. The maximum Gasteiger partial charge on any atom is 0.293 e. The minimum absolute atomic E-state index is 0.0524. The zero-order valence-corrected chi connectivity index (χ0v) is 37.9. The van der Waals surface area contributed by atoms with Gasteiger partial charge in [-0.05, 0) is 83.8 Å². The summed E-state index contributed by atoms with van der Waals surface area (Å²) in [6, 6.07) is 41.5. The summed E-state index contributed by atoms with van der Waals surface area (Å²) >= 11 is 6.17. The number of halogens is 1. The van der Waals surface area contributed by atoms with Crippen molar-refractivity contribution in [2.24, 2.45) is 0 Å². The number of hydrogen-bond acceptors (Lipinski definition) is 12. The SMILES string of the molecule is O=C(NS(=O)(=O)c1ccc(NCCCN2CCOCC2)c([N+](=O)[O-])c1)c1ccc(N2CCN(Cc3ccccc3-c3ccc(Cl)cc3)CC2)cc1Oc1cccc(OCc2ccccc2)c1. The Labute approximate surface area is 389 Å². The molecule has 0 bridgehead atoms. The van der Waals surface area contributed by atoms with Gasteiger partial charge in [-0.15, -0.1) is 0 Å². The predicted molar refractivity (Wildman–Crippen MR) is 256 cm³/mol. The molecule has 2 N–H and O–H groups in total. The molecular formula is C50H51ClN6O8S. The lowest BCUT2D eigenvalue weighted by molar-refractivity contribution is -0.384.